The van der Waals surface area contributed by atoms with Crippen molar-refractivity contribution in [1.82, 2.24) is 19.7 Å². The van der Waals surface area contributed by atoms with E-state index < -0.39 is 7.12 Å². The summed E-state index contributed by atoms with van der Waals surface area (Å²) in [7, 11) is -0.415. The normalized spacial score (nSPS) is 20.0. The van der Waals surface area contributed by atoms with Gasteiger partial charge in [-0.25, -0.2) is 9.67 Å². The second-order valence-corrected chi connectivity index (χ2v) is 6.32. The lowest BCUT2D eigenvalue weighted by Crippen LogP contribution is -2.41. The Kier molecular flexibility index (Phi) is 3.14. The van der Waals surface area contributed by atoms with Crippen LogP contribution in [0.4, 0.5) is 0 Å². The van der Waals surface area contributed by atoms with Gasteiger partial charge in [0.15, 0.2) is 5.82 Å². The van der Waals surface area contributed by atoms with Crippen LogP contribution in [0.15, 0.2) is 24.8 Å². The van der Waals surface area contributed by atoms with Crippen molar-refractivity contribution in [3.05, 3.63) is 30.5 Å². The van der Waals surface area contributed by atoms with Crippen LogP contribution in [0.3, 0.4) is 0 Å². The number of hydrogen-bond donors (Lipinski definition) is 0. The molecule has 1 aliphatic heterocycles. The summed E-state index contributed by atoms with van der Waals surface area (Å²) in [5, 5.41) is 4.31. The first kappa shape index (κ1) is 14.2. The van der Waals surface area contributed by atoms with E-state index in [1.165, 1.54) is 0 Å². The van der Waals surface area contributed by atoms with Gasteiger partial charge >= 0.3 is 7.12 Å². The van der Waals surface area contributed by atoms with Gasteiger partial charge in [0.2, 0.25) is 0 Å². The van der Waals surface area contributed by atoms with E-state index >= 15 is 0 Å². The Hall–Kier alpha value is -1.73. The van der Waals surface area contributed by atoms with Gasteiger partial charge in [0.05, 0.1) is 29.3 Å². The van der Waals surface area contributed by atoms with Gasteiger partial charge in [-0.15, -0.1) is 0 Å². The second-order valence-electron chi connectivity index (χ2n) is 6.32. The zero-order chi connectivity index (χ0) is 15.3. The summed E-state index contributed by atoms with van der Waals surface area (Å²) in [5.41, 5.74) is 1.03. The fourth-order valence-corrected chi connectivity index (χ4v) is 2.07. The van der Waals surface area contributed by atoms with E-state index in [4.69, 9.17) is 9.31 Å². The van der Waals surface area contributed by atoms with Crippen LogP contribution in [0.1, 0.15) is 33.4 Å². The van der Waals surface area contributed by atoms with Crippen molar-refractivity contribution in [3.63, 3.8) is 0 Å². The number of hydrogen-bond acceptors (Lipinski definition) is 5. The predicted molar refractivity (Wildman–Crippen MR) is 79.6 cm³/mol. The van der Waals surface area contributed by atoms with Gasteiger partial charge < -0.3 is 9.31 Å². The van der Waals surface area contributed by atoms with Crippen LogP contribution < -0.4 is 5.46 Å². The Morgan fingerprint density at radius 1 is 1.00 bits per heavy atom. The molecule has 0 spiro atoms. The zero-order valence-electron chi connectivity index (χ0n) is 13.0. The lowest BCUT2D eigenvalue weighted by molar-refractivity contribution is 0.00578. The van der Waals surface area contributed by atoms with E-state index in [0.29, 0.717) is 5.82 Å². The standard InChI is InChI=1S/C14H19BN4O2/c1-10-6-17-12(8-16-10)19-9-11(7-18-19)15-20-13(2,3)14(4,5)21-15/h6-9H,1-5H3. The Labute approximate surface area is 124 Å². The van der Waals surface area contributed by atoms with E-state index in [9.17, 15) is 0 Å². The lowest BCUT2D eigenvalue weighted by atomic mass is 9.82. The Morgan fingerprint density at radius 3 is 2.24 bits per heavy atom. The molecule has 0 amide bonds. The van der Waals surface area contributed by atoms with Crippen LogP contribution in [0.5, 0.6) is 0 Å². The van der Waals surface area contributed by atoms with Crippen LogP contribution in [0.2, 0.25) is 0 Å². The maximum atomic E-state index is 6.01. The molecular weight excluding hydrogens is 267 g/mol. The van der Waals surface area contributed by atoms with E-state index in [1.54, 1.807) is 23.3 Å². The molecule has 2 aromatic rings. The third kappa shape index (κ3) is 2.47. The van der Waals surface area contributed by atoms with Gasteiger partial charge in [-0.2, -0.15) is 5.10 Å². The third-order valence-electron chi connectivity index (χ3n) is 4.13. The van der Waals surface area contributed by atoms with Crippen LogP contribution in [-0.2, 0) is 9.31 Å². The van der Waals surface area contributed by atoms with Gasteiger partial charge in [0.25, 0.3) is 0 Å². The summed E-state index contributed by atoms with van der Waals surface area (Å²) in [6, 6.07) is 0. The number of rotatable bonds is 2. The van der Waals surface area contributed by atoms with Gasteiger partial charge in [-0.1, -0.05) is 0 Å². The van der Waals surface area contributed by atoms with Gasteiger partial charge in [0, 0.05) is 17.9 Å². The first-order valence-corrected chi connectivity index (χ1v) is 6.98. The Bertz CT molecular complexity index is 635. The first-order valence-electron chi connectivity index (χ1n) is 6.98. The summed E-state index contributed by atoms with van der Waals surface area (Å²) in [5.74, 6) is 0.670. The molecule has 0 unspecified atom stereocenters. The monoisotopic (exact) mass is 286 g/mol. The van der Waals surface area contributed by atoms with Crippen LogP contribution in [-0.4, -0.2) is 38.1 Å². The minimum absolute atomic E-state index is 0.358. The molecule has 1 aliphatic rings. The molecule has 1 saturated heterocycles. The summed E-state index contributed by atoms with van der Waals surface area (Å²) in [6.45, 7) is 10.0. The maximum absolute atomic E-state index is 6.01. The highest BCUT2D eigenvalue weighted by Crippen LogP contribution is 2.36. The maximum Gasteiger partial charge on any atom is 0.498 e. The second kappa shape index (κ2) is 4.64. The molecule has 1 fully saturated rings. The average molecular weight is 286 g/mol. The molecule has 21 heavy (non-hydrogen) atoms. The molecule has 3 heterocycles. The third-order valence-corrected chi connectivity index (χ3v) is 4.13. The number of aromatic nitrogens is 4. The Balaban J connectivity index is 1.85. The van der Waals surface area contributed by atoms with Crippen molar-refractivity contribution in [2.24, 2.45) is 0 Å². The Morgan fingerprint density at radius 2 is 1.67 bits per heavy atom. The quantitative estimate of drug-likeness (QED) is 0.778. The topological polar surface area (TPSA) is 62.1 Å². The summed E-state index contributed by atoms with van der Waals surface area (Å²) in [6.07, 6.45) is 7.01. The van der Waals surface area contributed by atoms with Crippen LogP contribution in [0.25, 0.3) is 5.82 Å². The van der Waals surface area contributed by atoms with Crippen LogP contribution in [0, 0.1) is 6.92 Å². The van der Waals surface area contributed by atoms with Gasteiger partial charge in [0.1, 0.15) is 0 Å². The van der Waals surface area contributed by atoms with E-state index in [1.807, 2.05) is 40.8 Å². The molecule has 7 heteroatoms. The summed E-state index contributed by atoms with van der Waals surface area (Å²) < 4.78 is 13.7. The molecule has 0 radical (unpaired) electrons. The molecule has 0 atom stereocenters. The number of aryl methyl sites for hydroxylation is 1. The molecule has 6 nitrogen and oxygen atoms in total. The SMILES string of the molecule is Cc1cnc(-n2cc(B3OC(C)(C)C(C)(C)O3)cn2)cn1. The molecule has 0 saturated carbocycles. The first-order chi connectivity index (χ1) is 9.78. The molecule has 3 rings (SSSR count). The summed E-state index contributed by atoms with van der Waals surface area (Å²) >= 11 is 0. The molecule has 110 valence electrons. The van der Waals surface area contributed by atoms with Crippen molar-refractivity contribution in [3.8, 4) is 5.82 Å². The predicted octanol–water partition coefficient (Wildman–Crippen LogP) is 1.27. The largest absolute Gasteiger partial charge is 0.498 e. The van der Waals surface area contributed by atoms with Crippen molar-refractivity contribution in [1.29, 1.82) is 0 Å². The molecular formula is C14H19BN4O2. The molecule has 2 aromatic heterocycles. The van der Waals surface area contributed by atoms with Crippen molar-refractivity contribution in [2.45, 2.75) is 45.8 Å². The van der Waals surface area contributed by atoms with Gasteiger partial charge in [-0.05, 0) is 34.6 Å². The molecule has 0 N–H and O–H groups in total. The van der Waals surface area contributed by atoms with Crippen LogP contribution >= 0.6 is 0 Å². The lowest BCUT2D eigenvalue weighted by Gasteiger charge is -2.32. The summed E-state index contributed by atoms with van der Waals surface area (Å²) in [4.78, 5) is 8.52. The van der Waals surface area contributed by atoms with E-state index in [-0.39, 0.29) is 11.2 Å². The highest BCUT2D eigenvalue weighted by molar-refractivity contribution is 6.62. The molecule has 0 aliphatic carbocycles. The fraction of sp³-hybridized carbons (Fsp3) is 0.500. The van der Waals surface area contributed by atoms with Crippen molar-refractivity contribution < 1.29 is 9.31 Å². The smallest absolute Gasteiger partial charge is 0.399 e. The zero-order valence-corrected chi connectivity index (χ0v) is 13.0. The minimum Gasteiger partial charge on any atom is -0.399 e. The molecule has 0 aromatic carbocycles. The minimum atomic E-state index is -0.415. The van der Waals surface area contributed by atoms with Crippen molar-refractivity contribution >= 4 is 12.6 Å². The average Bonchev–Trinajstić information content (AvgIpc) is 2.94. The fourth-order valence-electron chi connectivity index (χ4n) is 2.07. The van der Waals surface area contributed by atoms with E-state index in [0.717, 1.165) is 11.2 Å². The van der Waals surface area contributed by atoms with Gasteiger partial charge in [-0.3, -0.25) is 4.98 Å². The number of nitrogens with zero attached hydrogens (tertiary/aromatic N) is 4. The van der Waals surface area contributed by atoms with E-state index in [2.05, 4.69) is 15.1 Å². The van der Waals surface area contributed by atoms with Crippen molar-refractivity contribution in [2.75, 3.05) is 0 Å². The highest BCUT2D eigenvalue weighted by atomic mass is 16.7. The molecule has 0 bridgehead atoms. The highest BCUT2D eigenvalue weighted by Gasteiger charge is 2.52.